The normalized spacial score (nSPS) is 15.8. The molecule has 0 aromatic rings. The van der Waals surface area contributed by atoms with Crippen LogP contribution < -0.4 is 0 Å². The zero-order valence-electron chi connectivity index (χ0n) is 8.58. The molecule has 13 heavy (non-hydrogen) atoms. The van der Waals surface area contributed by atoms with E-state index in [9.17, 15) is 9.90 Å². The summed E-state index contributed by atoms with van der Waals surface area (Å²) in [4.78, 5) is 12.1. The van der Waals surface area contributed by atoms with Gasteiger partial charge in [0.1, 0.15) is 0 Å². The summed E-state index contributed by atoms with van der Waals surface area (Å²) in [5, 5.41) is 18.1. The molecule has 0 aliphatic rings. The van der Waals surface area contributed by atoms with Gasteiger partial charge in [-0.3, -0.25) is 4.79 Å². The van der Waals surface area contributed by atoms with Gasteiger partial charge in [0.25, 0.3) is 0 Å². The third-order valence-corrected chi connectivity index (χ3v) is 2.08. The summed E-state index contributed by atoms with van der Waals surface area (Å²) in [5.41, 5.74) is -0.715. The largest absolute Gasteiger partial charge is 0.481 e. The van der Waals surface area contributed by atoms with Crippen LogP contribution >= 0.6 is 0 Å². The molecule has 0 aromatic carbocycles. The maximum Gasteiger partial charge on any atom is 0.304 e. The highest BCUT2D eigenvalue weighted by molar-refractivity contribution is 5.66. The van der Waals surface area contributed by atoms with Gasteiger partial charge in [-0.25, -0.2) is 0 Å². The average Bonchev–Trinajstić information content (AvgIpc) is 2.00. The lowest BCUT2D eigenvalue weighted by molar-refractivity contribution is -0.137. The van der Waals surface area contributed by atoms with Gasteiger partial charge in [-0.15, -0.1) is 0 Å². The number of hydrogen-bond donors (Lipinski definition) is 2. The van der Waals surface area contributed by atoms with Crippen molar-refractivity contribution in [1.29, 1.82) is 0 Å². The molecular weight excluding hydrogens is 170 g/mol. The van der Waals surface area contributed by atoms with Crippen molar-refractivity contribution < 1.29 is 15.0 Å². The standard InChI is InChI=1S/C9H19NO3/c1-4-9(2,13)7-10(3)6-5-8(11)12/h13H,4-7H2,1-3H3,(H,11,12). The molecule has 0 rings (SSSR count). The van der Waals surface area contributed by atoms with Crippen LogP contribution in [0.3, 0.4) is 0 Å². The summed E-state index contributed by atoms with van der Waals surface area (Å²) in [6, 6.07) is 0. The maximum atomic E-state index is 10.2. The Balaban J connectivity index is 3.73. The summed E-state index contributed by atoms with van der Waals surface area (Å²) in [6.07, 6.45) is 0.792. The molecule has 0 bridgehead atoms. The lowest BCUT2D eigenvalue weighted by Gasteiger charge is -2.27. The molecule has 0 heterocycles. The zero-order chi connectivity index (χ0) is 10.5. The molecule has 1 unspecified atom stereocenters. The summed E-state index contributed by atoms with van der Waals surface area (Å²) < 4.78 is 0. The van der Waals surface area contributed by atoms with Crippen molar-refractivity contribution in [2.75, 3.05) is 20.1 Å². The molecule has 0 aliphatic heterocycles. The SMILES string of the molecule is CCC(C)(O)CN(C)CCC(=O)O. The van der Waals surface area contributed by atoms with E-state index in [0.717, 1.165) is 0 Å². The van der Waals surface area contributed by atoms with E-state index in [-0.39, 0.29) is 6.42 Å². The van der Waals surface area contributed by atoms with E-state index < -0.39 is 11.6 Å². The van der Waals surface area contributed by atoms with Gasteiger partial charge in [0, 0.05) is 13.1 Å². The van der Waals surface area contributed by atoms with Gasteiger partial charge in [0.2, 0.25) is 0 Å². The highest BCUT2D eigenvalue weighted by Gasteiger charge is 2.19. The van der Waals surface area contributed by atoms with Crippen LogP contribution in [0.15, 0.2) is 0 Å². The minimum Gasteiger partial charge on any atom is -0.481 e. The molecule has 0 saturated heterocycles. The van der Waals surface area contributed by atoms with Crippen LogP contribution in [0, 0.1) is 0 Å². The fourth-order valence-corrected chi connectivity index (χ4v) is 1.06. The topological polar surface area (TPSA) is 60.8 Å². The molecule has 0 aliphatic carbocycles. The van der Waals surface area contributed by atoms with Gasteiger partial charge in [-0.05, 0) is 20.4 Å². The van der Waals surface area contributed by atoms with E-state index in [0.29, 0.717) is 19.5 Å². The number of carbonyl (C=O) groups is 1. The molecule has 4 heteroatoms. The van der Waals surface area contributed by atoms with Gasteiger partial charge in [-0.1, -0.05) is 6.92 Å². The van der Waals surface area contributed by atoms with Crippen molar-refractivity contribution in [1.82, 2.24) is 4.90 Å². The second kappa shape index (κ2) is 5.19. The first-order valence-electron chi connectivity index (χ1n) is 4.50. The third-order valence-electron chi connectivity index (χ3n) is 2.08. The van der Waals surface area contributed by atoms with E-state index in [1.54, 1.807) is 6.92 Å². The van der Waals surface area contributed by atoms with Crippen LogP contribution in [0.2, 0.25) is 0 Å². The maximum absolute atomic E-state index is 10.2. The molecule has 0 aromatic heterocycles. The van der Waals surface area contributed by atoms with Gasteiger partial charge in [0.15, 0.2) is 0 Å². The van der Waals surface area contributed by atoms with Crippen molar-refractivity contribution in [3.63, 3.8) is 0 Å². The van der Waals surface area contributed by atoms with Crippen LogP contribution in [-0.4, -0.2) is 46.8 Å². The molecule has 1 atom stereocenters. The van der Waals surface area contributed by atoms with Gasteiger partial charge >= 0.3 is 5.97 Å². The Kier molecular flexibility index (Phi) is 4.95. The van der Waals surface area contributed by atoms with Gasteiger partial charge < -0.3 is 15.1 Å². The first-order chi connectivity index (χ1) is 5.87. The summed E-state index contributed by atoms with van der Waals surface area (Å²) in [7, 11) is 1.81. The predicted octanol–water partition coefficient (Wildman–Crippen LogP) is 0.554. The van der Waals surface area contributed by atoms with E-state index in [1.165, 1.54) is 0 Å². The van der Waals surface area contributed by atoms with Crippen molar-refractivity contribution in [3.8, 4) is 0 Å². The summed E-state index contributed by atoms with van der Waals surface area (Å²) in [5.74, 6) is -0.803. The van der Waals surface area contributed by atoms with Crippen LogP contribution in [0.1, 0.15) is 26.7 Å². The van der Waals surface area contributed by atoms with Crippen LogP contribution in [0.5, 0.6) is 0 Å². The lowest BCUT2D eigenvalue weighted by Crippen LogP contribution is -2.39. The molecule has 0 spiro atoms. The second-order valence-corrected chi connectivity index (χ2v) is 3.73. The first-order valence-corrected chi connectivity index (χ1v) is 4.50. The molecule has 0 saturated carbocycles. The Bertz CT molecular complexity index is 168. The van der Waals surface area contributed by atoms with Crippen LogP contribution in [0.4, 0.5) is 0 Å². The minimum atomic E-state index is -0.803. The Labute approximate surface area is 79.2 Å². The van der Waals surface area contributed by atoms with Crippen molar-refractivity contribution in [2.24, 2.45) is 0 Å². The zero-order valence-corrected chi connectivity index (χ0v) is 8.58. The highest BCUT2D eigenvalue weighted by atomic mass is 16.4. The molecule has 4 nitrogen and oxygen atoms in total. The molecule has 0 amide bonds. The second-order valence-electron chi connectivity index (χ2n) is 3.73. The number of aliphatic hydroxyl groups is 1. The fraction of sp³-hybridized carbons (Fsp3) is 0.889. The number of nitrogens with zero attached hydrogens (tertiary/aromatic N) is 1. The highest BCUT2D eigenvalue weighted by Crippen LogP contribution is 2.09. The van der Waals surface area contributed by atoms with Gasteiger partial charge in [0.05, 0.1) is 12.0 Å². The van der Waals surface area contributed by atoms with Crippen molar-refractivity contribution in [3.05, 3.63) is 0 Å². The van der Waals surface area contributed by atoms with E-state index in [4.69, 9.17) is 5.11 Å². The third kappa shape index (κ3) is 6.54. The monoisotopic (exact) mass is 189 g/mol. The average molecular weight is 189 g/mol. The van der Waals surface area contributed by atoms with Crippen molar-refractivity contribution in [2.45, 2.75) is 32.3 Å². The van der Waals surface area contributed by atoms with E-state index in [2.05, 4.69) is 0 Å². The molecule has 2 N–H and O–H groups in total. The fourth-order valence-electron chi connectivity index (χ4n) is 1.06. The lowest BCUT2D eigenvalue weighted by atomic mass is 10.0. The number of aliphatic carboxylic acids is 1. The van der Waals surface area contributed by atoms with Crippen LogP contribution in [-0.2, 0) is 4.79 Å². The summed E-state index contributed by atoms with van der Waals surface area (Å²) >= 11 is 0. The van der Waals surface area contributed by atoms with Crippen LogP contribution in [0.25, 0.3) is 0 Å². The minimum absolute atomic E-state index is 0.121. The van der Waals surface area contributed by atoms with E-state index in [1.807, 2.05) is 18.9 Å². The van der Waals surface area contributed by atoms with Crippen molar-refractivity contribution >= 4 is 5.97 Å². The number of hydrogen-bond acceptors (Lipinski definition) is 3. The number of carboxylic acids is 1. The Morgan fingerprint density at radius 3 is 2.46 bits per heavy atom. The number of rotatable bonds is 6. The molecule has 78 valence electrons. The van der Waals surface area contributed by atoms with E-state index >= 15 is 0 Å². The molecule has 0 fully saturated rings. The number of likely N-dealkylation sites (N-methyl/N-ethyl adjacent to an activating group) is 1. The Morgan fingerprint density at radius 1 is 1.54 bits per heavy atom. The smallest absolute Gasteiger partial charge is 0.304 e. The Morgan fingerprint density at radius 2 is 2.08 bits per heavy atom. The predicted molar refractivity (Wildman–Crippen MR) is 50.7 cm³/mol. The molecule has 0 radical (unpaired) electrons. The van der Waals surface area contributed by atoms with Gasteiger partial charge in [-0.2, -0.15) is 0 Å². The summed E-state index contributed by atoms with van der Waals surface area (Å²) in [6.45, 7) is 4.65. The quantitative estimate of drug-likeness (QED) is 0.640. The number of carboxylic acid groups (broad SMARTS) is 1. The first kappa shape index (κ1) is 12.4. The molecular formula is C9H19NO3. The Hall–Kier alpha value is -0.610.